The maximum Gasteiger partial charge on any atom is 0.262 e. The molecule has 3 rings (SSSR count). The SMILES string of the molecule is C=CCN1C(=O)C(C)(C)COc2cc(NC(=O)COc3ccc(Cl)cc3)ccc21. The molecule has 1 N–H and O–H groups in total. The zero-order valence-corrected chi connectivity index (χ0v) is 17.2. The number of fused-ring (bicyclic) bond motifs is 1. The minimum Gasteiger partial charge on any atom is -0.490 e. The summed E-state index contributed by atoms with van der Waals surface area (Å²) >= 11 is 5.83. The molecule has 1 aliphatic rings. The van der Waals surface area contributed by atoms with Crippen molar-refractivity contribution in [3.8, 4) is 11.5 Å². The fourth-order valence-electron chi connectivity index (χ4n) is 2.91. The molecule has 0 aromatic heterocycles. The predicted octanol–water partition coefficient (Wildman–Crippen LogP) is 4.30. The lowest BCUT2D eigenvalue weighted by atomic mass is 9.93. The number of carbonyl (C=O) groups excluding carboxylic acids is 2. The first-order chi connectivity index (χ1) is 13.8. The van der Waals surface area contributed by atoms with E-state index in [1.54, 1.807) is 53.4 Å². The van der Waals surface area contributed by atoms with E-state index in [4.69, 9.17) is 21.1 Å². The van der Waals surface area contributed by atoms with Gasteiger partial charge < -0.3 is 19.7 Å². The normalized spacial score (nSPS) is 15.0. The van der Waals surface area contributed by atoms with Crippen molar-refractivity contribution in [1.29, 1.82) is 0 Å². The highest BCUT2D eigenvalue weighted by molar-refractivity contribution is 6.30. The molecule has 6 nitrogen and oxygen atoms in total. The van der Waals surface area contributed by atoms with Crippen LogP contribution in [0.3, 0.4) is 0 Å². The summed E-state index contributed by atoms with van der Waals surface area (Å²) in [6.45, 7) is 7.89. The molecule has 0 fully saturated rings. The highest BCUT2D eigenvalue weighted by Crippen LogP contribution is 2.38. The molecule has 0 bridgehead atoms. The fourth-order valence-corrected chi connectivity index (χ4v) is 3.04. The molecule has 0 saturated carbocycles. The Morgan fingerprint density at radius 3 is 2.72 bits per heavy atom. The van der Waals surface area contributed by atoms with Gasteiger partial charge in [0.1, 0.15) is 18.1 Å². The lowest BCUT2D eigenvalue weighted by Crippen LogP contribution is -2.42. The van der Waals surface area contributed by atoms with E-state index in [0.29, 0.717) is 34.4 Å². The van der Waals surface area contributed by atoms with Gasteiger partial charge in [-0.1, -0.05) is 17.7 Å². The van der Waals surface area contributed by atoms with E-state index in [9.17, 15) is 9.59 Å². The van der Waals surface area contributed by atoms with Gasteiger partial charge in [-0.2, -0.15) is 0 Å². The fraction of sp³-hybridized carbons (Fsp3) is 0.273. The summed E-state index contributed by atoms with van der Waals surface area (Å²) in [4.78, 5) is 26.7. The van der Waals surface area contributed by atoms with Gasteiger partial charge in [-0.3, -0.25) is 9.59 Å². The largest absolute Gasteiger partial charge is 0.490 e. The van der Waals surface area contributed by atoms with Crippen molar-refractivity contribution in [2.24, 2.45) is 5.41 Å². The molecule has 0 unspecified atom stereocenters. The number of hydrogen-bond acceptors (Lipinski definition) is 4. The minimum absolute atomic E-state index is 0.0377. The van der Waals surface area contributed by atoms with Crippen molar-refractivity contribution in [2.45, 2.75) is 13.8 Å². The Labute approximate surface area is 175 Å². The number of carbonyl (C=O) groups is 2. The molecule has 0 saturated heterocycles. The first-order valence-electron chi connectivity index (χ1n) is 9.18. The van der Waals surface area contributed by atoms with Crippen LogP contribution in [0.4, 0.5) is 11.4 Å². The summed E-state index contributed by atoms with van der Waals surface area (Å²) in [5, 5.41) is 3.38. The van der Waals surface area contributed by atoms with E-state index in [0.717, 1.165) is 0 Å². The Bertz CT molecular complexity index is 925. The van der Waals surface area contributed by atoms with Crippen LogP contribution in [-0.2, 0) is 9.59 Å². The van der Waals surface area contributed by atoms with Crippen LogP contribution in [0, 0.1) is 5.41 Å². The number of hydrogen-bond donors (Lipinski definition) is 1. The van der Waals surface area contributed by atoms with E-state index in [1.165, 1.54) is 0 Å². The van der Waals surface area contributed by atoms with Crippen LogP contribution in [0.1, 0.15) is 13.8 Å². The molecule has 0 spiro atoms. The molecule has 7 heteroatoms. The van der Waals surface area contributed by atoms with Crippen molar-refractivity contribution in [3.05, 3.63) is 60.1 Å². The Hall–Kier alpha value is -2.99. The average Bonchev–Trinajstić information content (AvgIpc) is 2.78. The molecular weight excluding hydrogens is 392 g/mol. The van der Waals surface area contributed by atoms with Crippen LogP contribution in [0.25, 0.3) is 0 Å². The van der Waals surface area contributed by atoms with Crippen LogP contribution in [0.15, 0.2) is 55.1 Å². The van der Waals surface area contributed by atoms with E-state index in [1.807, 2.05) is 13.8 Å². The van der Waals surface area contributed by atoms with Crippen molar-refractivity contribution in [1.82, 2.24) is 0 Å². The summed E-state index contributed by atoms with van der Waals surface area (Å²) < 4.78 is 11.3. The summed E-state index contributed by atoms with van der Waals surface area (Å²) in [7, 11) is 0. The highest BCUT2D eigenvalue weighted by atomic mass is 35.5. The van der Waals surface area contributed by atoms with Gasteiger partial charge in [-0.15, -0.1) is 6.58 Å². The van der Waals surface area contributed by atoms with Crippen molar-refractivity contribution < 1.29 is 19.1 Å². The van der Waals surface area contributed by atoms with Gasteiger partial charge in [0.05, 0.1) is 11.1 Å². The Morgan fingerprint density at radius 1 is 1.31 bits per heavy atom. The molecule has 2 aromatic carbocycles. The van der Waals surface area contributed by atoms with Crippen molar-refractivity contribution >= 4 is 34.8 Å². The molecule has 0 atom stereocenters. The van der Waals surface area contributed by atoms with Gasteiger partial charge in [0.25, 0.3) is 5.91 Å². The number of rotatable bonds is 6. The summed E-state index contributed by atoms with van der Waals surface area (Å²) in [6.07, 6.45) is 1.67. The quantitative estimate of drug-likeness (QED) is 0.716. The number of amides is 2. The molecule has 2 amide bonds. The van der Waals surface area contributed by atoms with E-state index in [2.05, 4.69) is 11.9 Å². The summed E-state index contributed by atoms with van der Waals surface area (Å²) in [5.74, 6) is 0.731. The first-order valence-corrected chi connectivity index (χ1v) is 9.56. The molecule has 2 aromatic rings. The number of nitrogens with zero attached hydrogens (tertiary/aromatic N) is 1. The number of benzene rings is 2. The Morgan fingerprint density at radius 2 is 2.03 bits per heavy atom. The second-order valence-electron chi connectivity index (χ2n) is 7.35. The maximum absolute atomic E-state index is 12.8. The Kier molecular flexibility index (Phi) is 6.13. The highest BCUT2D eigenvalue weighted by Gasteiger charge is 2.37. The molecule has 0 aliphatic carbocycles. The van der Waals surface area contributed by atoms with Crippen molar-refractivity contribution in [3.63, 3.8) is 0 Å². The maximum atomic E-state index is 12.8. The molecule has 1 aliphatic heterocycles. The second kappa shape index (κ2) is 8.57. The Balaban J connectivity index is 1.71. The van der Waals surface area contributed by atoms with Crippen LogP contribution < -0.4 is 19.7 Å². The van der Waals surface area contributed by atoms with Crippen LogP contribution >= 0.6 is 11.6 Å². The zero-order chi connectivity index (χ0) is 21.0. The average molecular weight is 415 g/mol. The number of nitrogens with one attached hydrogen (secondary N) is 1. The second-order valence-corrected chi connectivity index (χ2v) is 7.79. The van der Waals surface area contributed by atoms with Crippen LogP contribution in [-0.4, -0.2) is 31.6 Å². The van der Waals surface area contributed by atoms with Crippen LogP contribution in [0.5, 0.6) is 11.5 Å². The smallest absolute Gasteiger partial charge is 0.262 e. The van der Waals surface area contributed by atoms with E-state index >= 15 is 0 Å². The zero-order valence-electron chi connectivity index (χ0n) is 16.4. The topological polar surface area (TPSA) is 67.9 Å². The third kappa shape index (κ3) is 4.90. The molecule has 0 radical (unpaired) electrons. The minimum atomic E-state index is -0.669. The lowest BCUT2D eigenvalue weighted by molar-refractivity contribution is -0.127. The number of ether oxygens (including phenoxy) is 2. The van der Waals surface area contributed by atoms with Gasteiger partial charge in [0.15, 0.2) is 6.61 Å². The standard InChI is InChI=1S/C22H23ClN2O4/c1-4-11-25-18-10-7-16(12-19(18)29-14-22(2,3)21(25)27)24-20(26)13-28-17-8-5-15(23)6-9-17/h4-10,12H,1,11,13-14H2,2-3H3,(H,24,26). The van der Waals surface area contributed by atoms with Crippen LogP contribution in [0.2, 0.25) is 5.02 Å². The molecular formula is C22H23ClN2O4. The van der Waals surface area contributed by atoms with Gasteiger partial charge in [0, 0.05) is 23.3 Å². The third-order valence-corrected chi connectivity index (χ3v) is 4.69. The number of halogens is 1. The van der Waals surface area contributed by atoms with E-state index in [-0.39, 0.29) is 25.0 Å². The van der Waals surface area contributed by atoms with Gasteiger partial charge >= 0.3 is 0 Å². The first kappa shape index (κ1) is 20.7. The predicted molar refractivity (Wildman–Crippen MR) is 114 cm³/mol. The van der Waals surface area contributed by atoms with Gasteiger partial charge in [-0.25, -0.2) is 0 Å². The lowest BCUT2D eigenvalue weighted by Gasteiger charge is -2.27. The molecule has 1 heterocycles. The monoisotopic (exact) mass is 414 g/mol. The van der Waals surface area contributed by atoms with Crippen molar-refractivity contribution in [2.75, 3.05) is 30.0 Å². The third-order valence-electron chi connectivity index (χ3n) is 4.44. The molecule has 152 valence electrons. The summed E-state index contributed by atoms with van der Waals surface area (Å²) in [5.41, 5.74) is 0.535. The van der Waals surface area contributed by atoms with Gasteiger partial charge in [0.2, 0.25) is 5.91 Å². The number of anilines is 2. The van der Waals surface area contributed by atoms with Gasteiger partial charge in [-0.05, 0) is 50.2 Å². The molecule has 29 heavy (non-hydrogen) atoms. The van der Waals surface area contributed by atoms with E-state index < -0.39 is 5.41 Å². The summed E-state index contributed by atoms with van der Waals surface area (Å²) in [6, 6.07) is 12.0.